The number of Topliss-reactive ketones (excluding diaryl/α,β-unsaturated/α-hetero) is 1. The second-order valence-corrected chi connectivity index (χ2v) is 3.27. The number of hydrogen-bond acceptors (Lipinski definition) is 3. The largest absolute Gasteiger partial charge is 0.381 e. The molecule has 0 aromatic heterocycles. The fourth-order valence-electron chi connectivity index (χ4n) is 1.29. The van der Waals surface area contributed by atoms with E-state index in [1.807, 2.05) is 13.8 Å². The lowest BCUT2D eigenvalue weighted by molar-refractivity contribution is -0.148. The summed E-state index contributed by atoms with van der Waals surface area (Å²) in [6.07, 6.45) is 1.41. The lowest BCUT2D eigenvalue weighted by atomic mass is 9.98. The van der Waals surface area contributed by atoms with Gasteiger partial charge in [0.25, 0.3) is 0 Å². The van der Waals surface area contributed by atoms with Crippen LogP contribution in [0.2, 0.25) is 0 Å². The number of methoxy groups -OCH3 is 1. The maximum Gasteiger partial charge on any atom is 0.166 e. The molecule has 78 valence electrons. The van der Waals surface area contributed by atoms with E-state index in [-0.39, 0.29) is 5.78 Å². The summed E-state index contributed by atoms with van der Waals surface area (Å²) in [7, 11) is 1.58. The zero-order chi connectivity index (χ0) is 10.3. The van der Waals surface area contributed by atoms with Crippen molar-refractivity contribution in [3.05, 3.63) is 0 Å². The van der Waals surface area contributed by atoms with E-state index >= 15 is 0 Å². The van der Waals surface area contributed by atoms with E-state index in [1.54, 1.807) is 14.0 Å². The molecule has 0 aliphatic rings. The second kappa shape index (κ2) is 6.11. The van der Waals surface area contributed by atoms with Crippen molar-refractivity contribution >= 4 is 5.78 Å². The molecule has 0 fully saturated rings. The van der Waals surface area contributed by atoms with Gasteiger partial charge in [-0.05, 0) is 20.3 Å². The average molecular weight is 188 g/mol. The standard InChI is InChI=1S/C10H20O3/c1-5-7-9(11)10(3,8-12-4)13-6-2/h5-8H2,1-4H3. The Morgan fingerprint density at radius 1 is 1.38 bits per heavy atom. The summed E-state index contributed by atoms with van der Waals surface area (Å²) in [5, 5.41) is 0. The molecule has 1 unspecified atom stereocenters. The molecule has 0 aromatic rings. The zero-order valence-electron chi connectivity index (χ0n) is 9.05. The topological polar surface area (TPSA) is 35.5 Å². The number of rotatable bonds is 7. The maximum atomic E-state index is 11.6. The summed E-state index contributed by atoms with van der Waals surface area (Å²) in [5.41, 5.74) is -0.750. The SMILES string of the molecule is CCCC(=O)C(C)(COC)OCC. The van der Waals surface area contributed by atoms with Crippen molar-refractivity contribution in [3.8, 4) is 0 Å². The molecule has 0 radical (unpaired) electrons. The Balaban J connectivity index is 4.27. The van der Waals surface area contributed by atoms with Crippen molar-refractivity contribution in [1.29, 1.82) is 0 Å². The van der Waals surface area contributed by atoms with Crippen LogP contribution in [-0.4, -0.2) is 31.7 Å². The third kappa shape index (κ3) is 3.87. The number of ketones is 1. The summed E-state index contributed by atoms with van der Waals surface area (Å²) in [6.45, 7) is 6.52. The first-order valence-corrected chi connectivity index (χ1v) is 4.77. The van der Waals surface area contributed by atoms with Crippen LogP contribution >= 0.6 is 0 Å². The van der Waals surface area contributed by atoms with Gasteiger partial charge < -0.3 is 9.47 Å². The molecule has 0 rings (SSSR count). The van der Waals surface area contributed by atoms with Crippen LogP contribution in [0.4, 0.5) is 0 Å². The Morgan fingerprint density at radius 2 is 2.00 bits per heavy atom. The molecule has 0 saturated heterocycles. The lowest BCUT2D eigenvalue weighted by Crippen LogP contribution is -2.42. The Kier molecular flexibility index (Phi) is 5.91. The summed E-state index contributed by atoms with van der Waals surface area (Å²) in [6, 6.07) is 0. The Morgan fingerprint density at radius 3 is 2.38 bits per heavy atom. The molecule has 0 bridgehead atoms. The number of carbonyl (C=O) groups excluding carboxylic acids is 1. The zero-order valence-corrected chi connectivity index (χ0v) is 9.05. The minimum absolute atomic E-state index is 0.124. The van der Waals surface area contributed by atoms with Crippen molar-refractivity contribution in [2.45, 2.75) is 39.2 Å². The maximum absolute atomic E-state index is 11.6. The molecule has 0 aliphatic heterocycles. The normalized spacial score (nSPS) is 15.4. The van der Waals surface area contributed by atoms with E-state index in [9.17, 15) is 4.79 Å². The van der Waals surface area contributed by atoms with Gasteiger partial charge in [0.05, 0.1) is 6.61 Å². The predicted octanol–water partition coefficient (Wildman–Crippen LogP) is 1.80. The molecule has 0 saturated carbocycles. The van der Waals surface area contributed by atoms with Gasteiger partial charge in [-0.15, -0.1) is 0 Å². The molecule has 0 aliphatic carbocycles. The molecule has 0 N–H and O–H groups in total. The van der Waals surface area contributed by atoms with Crippen LogP contribution in [0.3, 0.4) is 0 Å². The molecule has 0 spiro atoms. The summed E-state index contributed by atoms with van der Waals surface area (Å²) in [5.74, 6) is 0.124. The van der Waals surface area contributed by atoms with Crippen LogP contribution in [0.1, 0.15) is 33.6 Å². The van der Waals surface area contributed by atoms with Crippen molar-refractivity contribution in [2.24, 2.45) is 0 Å². The highest BCUT2D eigenvalue weighted by molar-refractivity contribution is 5.87. The summed E-state index contributed by atoms with van der Waals surface area (Å²) < 4.78 is 10.4. The van der Waals surface area contributed by atoms with E-state index in [1.165, 1.54) is 0 Å². The van der Waals surface area contributed by atoms with Gasteiger partial charge in [-0.25, -0.2) is 0 Å². The van der Waals surface area contributed by atoms with E-state index in [2.05, 4.69) is 0 Å². The number of ether oxygens (including phenoxy) is 2. The minimum atomic E-state index is -0.750. The van der Waals surface area contributed by atoms with Gasteiger partial charge in [0.1, 0.15) is 5.60 Å². The van der Waals surface area contributed by atoms with Crippen molar-refractivity contribution in [3.63, 3.8) is 0 Å². The first kappa shape index (κ1) is 12.6. The summed E-state index contributed by atoms with van der Waals surface area (Å²) in [4.78, 5) is 11.6. The van der Waals surface area contributed by atoms with E-state index in [0.29, 0.717) is 19.6 Å². The molecular formula is C10H20O3. The monoisotopic (exact) mass is 188 g/mol. The molecule has 13 heavy (non-hydrogen) atoms. The highest BCUT2D eigenvalue weighted by Crippen LogP contribution is 2.15. The molecule has 3 heteroatoms. The number of carbonyl (C=O) groups is 1. The van der Waals surface area contributed by atoms with Crippen LogP contribution in [-0.2, 0) is 14.3 Å². The Bertz CT molecular complexity index is 148. The van der Waals surface area contributed by atoms with E-state index in [4.69, 9.17) is 9.47 Å². The molecule has 1 atom stereocenters. The van der Waals surface area contributed by atoms with Crippen molar-refractivity contribution in [2.75, 3.05) is 20.3 Å². The van der Waals surface area contributed by atoms with Crippen LogP contribution in [0.25, 0.3) is 0 Å². The fraction of sp³-hybridized carbons (Fsp3) is 0.900. The molecule has 3 nitrogen and oxygen atoms in total. The van der Waals surface area contributed by atoms with E-state index < -0.39 is 5.60 Å². The Hall–Kier alpha value is -0.410. The van der Waals surface area contributed by atoms with Gasteiger partial charge >= 0.3 is 0 Å². The molecule has 0 aromatic carbocycles. The highest BCUT2D eigenvalue weighted by atomic mass is 16.5. The van der Waals surface area contributed by atoms with Gasteiger partial charge in [0, 0.05) is 20.1 Å². The van der Waals surface area contributed by atoms with Crippen LogP contribution in [0, 0.1) is 0 Å². The smallest absolute Gasteiger partial charge is 0.166 e. The number of hydrogen-bond donors (Lipinski definition) is 0. The van der Waals surface area contributed by atoms with Crippen molar-refractivity contribution < 1.29 is 14.3 Å². The van der Waals surface area contributed by atoms with Gasteiger partial charge in [-0.1, -0.05) is 6.92 Å². The fourth-order valence-corrected chi connectivity index (χ4v) is 1.29. The third-order valence-corrected chi connectivity index (χ3v) is 1.95. The Labute approximate surface area is 80.4 Å². The third-order valence-electron chi connectivity index (χ3n) is 1.95. The van der Waals surface area contributed by atoms with Crippen LogP contribution in [0.5, 0.6) is 0 Å². The van der Waals surface area contributed by atoms with Gasteiger partial charge in [0.15, 0.2) is 5.78 Å². The molecule has 0 amide bonds. The minimum Gasteiger partial charge on any atom is -0.381 e. The van der Waals surface area contributed by atoms with Gasteiger partial charge in [-0.2, -0.15) is 0 Å². The van der Waals surface area contributed by atoms with Crippen molar-refractivity contribution in [1.82, 2.24) is 0 Å². The average Bonchev–Trinajstić information content (AvgIpc) is 2.05. The van der Waals surface area contributed by atoms with Gasteiger partial charge in [0.2, 0.25) is 0 Å². The second-order valence-electron chi connectivity index (χ2n) is 3.27. The molecular weight excluding hydrogens is 168 g/mol. The van der Waals surface area contributed by atoms with E-state index in [0.717, 1.165) is 6.42 Å². The quantitative estimate of drug-likeness (QED) is 0.611. The highest BCUT2D eigenvalue weighted by Gasteiger charge is 2.32. The van der Waals surface area contributed by atoms with Gasteiger partial charge in [-0.3, -0.25) is 4.79 Å². The van der Waals surface area contributed by atoms with Crippen LogP contribution < -0.4 is 0 Å². The lowest BCUT2D eigenvalue weighted by Gasteiger charge is -2.26. The first-order chi connectivity index (χ1) is 6.10. The predicted molar refractivity (Wildman–Crippen MR) is 51.8 cm³/mol. The summed E-state index contributed by atoms with van der Waals surface area (Å²) >= 11 is 0. The molecule has 0 heterocycles. The first-order valence-electron chi connectivity index (χ1n) is 4.77. The van der Waals surface area contributed by atoms with Crippen LogP contribution in [0.15, 0.2) is 0 Å².